The summed E-state index contributed by atoms with van der Waals surface area (Å²) in [6, 6.07) is -1.22. The third-order valence-electron chi connectivity index (χ3n) is 2.45. The van der Waals surface area contributed by atoms with Crippen LogP contribution in [0.5, 0.6) is 0 Å². The molecule has 0 aliphatic heterocycles. The summed E-state index contributed by atoms with van der Waals surface area (Å²) in [7, 11) is 0. The fourth-order valence-corrected chi connectivity index (χ4v) is 1.66. The Kier molecular flexibility index (Phi) is 3.59. The number of alkyl halides is 3. The zero-order valence-electron chi connectivity index (χ0n) is 8.42. The largest absolute Gasteiger partial charge is 0.480 e. The fourth-order valence-electron chi connectivity index (χ4n) is 1.66. The van der Waals surface area contributed by atoms with Crippen molar-refractivity contribution in [3.63, 3.8) is 0 Å². The van der Waals surface area contributed by atoms with E-state index in [4.69, 9.17) is 5.11 Å². The maximum absolute atomic E-state index is 12.2. The Hall–Kier alpha value is -0.780. The zero-order chi connectivity index (χ0) is 11.6. The molecule has 1 saturated carbocycles. The van der Waals surface area contributed by atoms with E-state index in [1.54, 1.807) is 6.92 Å². The molecule has 1 aliphatic carbocycles. The van der Waals surface area contributed by atoms with Gasteiger partial charge in [-0.1, -0.05) is 6.92 Å². The van der Waals surface area contributed by atoms with Crippen LogP contribution in [0.3, 0.4) is 0 Å². The Morgan fingerprint density at radius 2 is 2.07 bits per heavy atom. The summed E-state index contributed by atoms with van der Waals surface area (Å²) in [5, 5.41) is 8.81. The van der Waals surface area contributed by atoms with Gasteiger partial charge in [-0.05, 0) is 19.3 Å². The van der Waals surface area contributed by atoms with Gasteiger partial charge in [0.1, 0.15) is 6.04 Å². The van der Waals surface area contributed by atoms with Crippen LogP contribution in [-0.2, 0) is 4.79 Å². The summed E-state index contributed by atoms with van der Waals surface area (Å²) < 4.78 is 36.7. The highest BCUT2D eigenvalue weighted by molar-refractivity contribution is 5.73. The number of aliphatic carboxylic acids is 1. The summed E-state index contributed by atoms with van der Waals surface area (Å²) in [5.41, 5.74) is 0. The molecule has 0 amide bonds. The molecule has 0 aromatic carbocycles. The van der Waals surface area contributed by atoms with Gasteiger partial charge in [-0.15, -0.1) is 0 Å². The number of hydrogen-bond donors (Lipinski definition) is 1. The number of halogens is 3. The molecule has 0 bridgehead atoms. The van der Waals surface area contributed by atoms with Crippen molar-refractivity contribution < 1.29 is 23.1 Å². The number of carbonyl (C=O) groups is 1. The average Bonchev–Trinajstić information content (AvgIpc) is 2.82. The summed E-state index contributed by atoms with van der Waals surface area (Å²) in [6.07, 6.45) is -2.80. The van der Waals surface area contributed by atoms with Crippen LogP contribution in [0.1, 0.15) is 26.2 Å². The summed E-state index contributed by atoms with van der Waals surface area (Å²) in [5.74, 6) is -1.17. The quantitative estimate of drug-likeness (QED) is 0.776. The first-order valence-electron chi connectivity index (χ1n) is 4.90. The van der Waals surface area contributed by atoms with Gasteiger partial charge in [0.05, 0.1) is 6.54 Å². The summed E-state index contributed by atoms with van der Waals surface area (Å²) in [6.45, 7) is 0.465. The lowest BCUT2D eigenvalue weighted by Crippen LogP contribution is -2.46. The Morgan fingerprint density at radius 3 is 2.33 bits per heavy atom. The highest BCUT2D eigenvalue weighted by Crippen LogP contribution is 2.32. The lowest BCUT2D eigenvalue weighted by Gasteiger charge is -2.28. The molecule has 0 radical (unpaired) electrons. The Labute approximate surface area is 85.9 Å². The maximum atomic E-state index is 12.2. The normalized spacial score (nSPS) is 19.3. The molecule has 0 saturated heterocycles. The molecule has 6 heteroatoms. The van der Waals surface area contributed by atoms with Crippen molar-refractivity contribution in [2.75, 3.05) is 6.54 Å². The van der Waals surface area contributed by atoms with Gasteiger partial charge in [0.15, 0.2) is 0 Å². The van der Waals surface area contributed by atoms with Gasteiger partial charge < -0.3 is 5.11 Å². The second-order valence-corrected chi connectivity index (χ2v) is 3.78. The minimum atomic E-state index is -4.33. The van der Waals surface area contributed by atoms with Gasteiger partial charge in [-0.2, -0.15) is 13.2 Å². The lowest BCUT2D eigenvalue weighted by molar-refractivity contribution is -0.163. The van der Waals surface area contributed by atoms with E-state index in [1.165, 1.54) is 0 Å². The van der Waals surface area contributed by atoms with Crippen molar-refractivity contribution in [2.45, 2.75) is 44.4 Å². The van der Waals surface area contributed by atoms with E-state index < -0.39 is 24.7 Å². The predicted molar refractivity (Wildman–Crippen MR) is 47.5 cm³/mol. The standard InChI is InChI=1S/C9H14F3NO2/c1-2-7(8(14)15)13(6-3-4-6)5-9(10,11)12/h6-7H,2-5H2,1H3,(H,14,15). The highest BCUT2D eigenvalue weighted by atomic mass is 19.4. The summed E-state index contributed by atoms with van der Waals surface area (Å²) in [4.78, 5) is 11.8. The molecule has 15 heavy (non-hydrogen) atoms. The molecule has 0 spiro atoms. The fraction of sp³-hybridized carbons (Fsp3) is 0.889. The van der Waals surface area contributed by atoms with Crippen molar-refractivity contribution in [3.8, 4) is 0 Å². The van der Waals surface area contributed by atoms with Crippen molar-refractivity contribution in [1.29, 1.82) is 0 Å². The first-order valence-corrected chi connectivity index (χ1v) is 4.90. The molecule has 1 aliphatic rings. The molecule has 88 valence electrons. The zero-order valence-corrected chi connectivity index (χ0v) is 8.42. The van der Waals surface area contributed by atoms with E-state index >= 15 is 0 Å². The smallest absolute Gasteiger partial charge is 0.401 e. The number of carboxylic acid groups (broad SMARTS) is 1. The minimum absolute atomic E-state index is 0.196. The topological polar surface area (TPSA) is 40.5 Å². The van der Waals surface area contributed by atoms with Crippen LogP contribution >= 0.6 is 0 Å². The Balaban J connectivity index is 2.67. The molecular weight excluding hydrogens is 211 g/mol. The van der Waals surface area contributed by atoms with Gasteiger partial charge in [0, 0.05) is 6.04 Å². The maximum Gasteiger partial charge on any atom is 0.401 e. The number of rotatable bonds is 5. The molecule has 1 unspecified atom stereocenters. The van der Waals surface area contributed by atoms with Crippen LogP contribution in [0, 0.1) is 0 Å². The molecule has 1 atom stereocenters. The highest BCUT2D eigenvalue weighted by Gasteiger charge is 2.42. The van der Waals surface area contributed by atoms with Crippen LogP contribution in [0.4, 0.5) is 13.2 Å². The van der Waals surface area contributed by atoms with Crippen molar-refractivity contribution in [2.24, 2.45) is 0 Å². The van der Waals surface area contributed by atoms with E-state index in [1.807, 2.05) is 0 Å². The van der Waals surface area contributed by atoms with E-state index in [-0.39, 0.29) is 12.5 Å². The second kappa shape index (κ2) is 4.38. The molecule has 3 nitrogen and oxygen atoms in total. The molecule has 0 aromatic rings. The van der Waals surface area contributed by atoms with Crippen molar-refractivity contribution in [1.82, 2.24) is 4.90 Å². The number of nitrogens with zero attached hydrogens (tertiary/aromatic N) is 1. The van der Waals surface area contributed by atoms with E-state index in [9.17, 15) is 18.0 Å². The average molecular weight is 225 g/mol. The van der Waals surface area contributed by atoms with Crippen LogP contribution in [-0.4, -0.2) is 40.8 Å². The first kappa shape index (κ1) is 12.3. The van der Waals surface area contributed by atoms with Crippen molar-refractivity contribution in [3.05, 3.63) is 0 Å². The number of carboxylic acids is 1. The van der Waals surface area contributed by atoms with Gasteiger partial charge in [0.2, 0.25) is 0 Å². The Morgan fingerprint density at radius 1 is 1.53 bits per heavy atom. The van der Waals surface area contributed by atoms with Gasteiger partial charge >= 0.3 is 12.1 Å². The van der Waals surface area contributed by atoms with E-state index in [0.29, 0.717) is 12.8 Å². The molecule has 1 N–H and O–H groups in total. The van der Waals surface area contributed by atoms with Crippen LogP contribution in [0.15, 0.2) is 0 Å². The number of hydrogen-bond acceptors (Lipinski definition) is 2. The van der Waals surface area contributed by atoms with Crippen LogP contribution in [0.2, 0.25) is 0 Å². The van der Waals surface area contributed by atoms with E-state index in [2.05, 4.69) is 0 Å². The molecule has 0 heterocycles. The molecular formula is C9H14F3NO2. The molecule has 1 fully saturated rings. The van der Waals surface area contributed by atoms with E-state index in [0.717, 1.165) is 4.90 Å². The van der Waals surface area contributed by atoms with Gasteiger partial charge in [0.25, 0.3) is 0 Å². The third-order valence-corrected chi connectivity index (χ3v) is 2.45. The Bertz CT molecular complexity index is 238. The minimum Gasteiger partial charge on any atom is -0.480 e. The summed E-state index contributed by atoms with van der Waals surface area (Å²) >= 11 is 0. The SMILES string of the molecule is CCC(C(=O)O)N(CC(F)(F)F)C1CC1. The van der Waals surface area contributed by atoms with Crippen molar-refractivity contribution >= 4 is 5.97 Å². The second-order valence-electron chi connectivity index (χ2n) is 3.78. The monoisotopic (exact) mass is 225 g/mol. The van der Waals surface area contributed by atoms with Gasteiger partial charge in [-0.25, -0.2) is 0 Å². The van der Waals surface area contributed by atoms with Gasteiger partial charge in [-0.3, -0.25) is 9.69 Å². The predicted octanol–water partition coefficient (Wildman–Crippen LogP) is 1.88. The molecule has 0 aromatic heterocycles. The van der Waals surface area contributed by atoms with Crippen LogP contribution in [0.25, 0.3) is 0 Å². The van der Waals surface area contributed by atoms with Crippen LogP contribution < -0.4 is 0 Å². The lowest BCUT2D eigenvalue weighted by atomic mass is 10.2. The third kappa shape index (κ3) is 3.70. The first-order chi connectivity index (χ1) is 6.85. The molecule has 1 rings (SSSR count).